The highest BCUT2D eigenvalue weighted by molar-refractivity contribution is 6.11. The Morgan fingerprint density at radius 1 is 1.09 bits per heavy atom. The zero-order valence-electron chi connectivity index (χ0n) is 12.4. The predicted molar refractivity (Wildman–Crippen MR) is 85.7 cm³/mol. The lowest BCUT2D eigenvalue weighted by molar-refractivity contribution is 0.0982. The van der Waals surface area contributed by atoms with E-state index in [-0.39, 0.29) is 11.6 Å². The molecule has 1 heterocycles. The topological polar surface area (TPSA) is 32.9 Å². The average molecular weight is 293 g/mol. The molecule has 2 aromatic carbocycles. The van der Waals surface area contributed by atoms with Gasteiger partial charge in [-0.2, -0.15) is 0 Å². The van der Waals surface area contributed by atoms with Gasteiger partial charge in [0.05, 0.1) is 0 Å². The quantitative estimate of drug-likeness (QED) is 0.686. The number of aromatic amines is 1. The van der Waals surface area contributed by atoms with Crippen molar-refractivity contribution in [1.29, 1.82) is 0 Å². The van der Waals surface area contributed by atoms with E-state index in [2.05, 4.69) is 36.2 Å². The molecule has 22 heavy (non-hydrogen) atoms. The Morgan fingerprint density at radius 3 is 2.64 bits per heavy atom. The number of hydrogen-bond acceptors (Lipinski definition) is 1. The molecule has 3 aromatic rings. The summed E-state index contributed by atoms with van der Waals surface area (Å²) in [5.74, 6) is -0.321. The molecule has 1 aliphatic carbocycles. The summed E-state index contributed by atoms with van der Waals surface area (Å²) in [5, 5.41) is 0.902. The van der Waals surface area contributed by atoms with Gasteiger partial charge in [-0.15, -0.1) is 0 Å². The predicted octanol–water partition coefficient (Wildman–Crippen LogP) is 4.80. The lowest BCUT2D eigenvalue weighted by atomic mass is 10.00. The summed E-state index contributed by atoms with van der Waals surface area (Å²) in [6.45, 7) is 2.05. The maximum atomic E-state index is 13.8. The van der Waals surface area contributed by atoms with Gasteiger partial charge >= 0.3 is 0 Å². The minimum absolute atomic E-state index is 0.0395. The van der Waals surface area contributed by atoms with Crippen LogP contribution in [0.1, 0.15) is 34.3 Å². The molecular weight excluding hydrogens is 277 g/mol. The number of aromatic nitrogens is 1. The van der Waals surface area contributed by atoms with Crippen molar-refractivity contribution >= 4 is 16.7 Å². The molecule has 0 atom stereocenters. The maximum Gasteiger partial charge on any atom is 0.163 e. The molecule has 0 unspecified atom stereocenters. The second-order valence-corrected chi connectivity index (χ2v) is 6.00. The molecule has 0 bridgehead atoms. The van der Waals surface area contributed by atoms with E-state index in [1.807, 2.05) is 0 Å². The van der Waals surface area contributed by atoms with Gasteiger partial charge in [-0.25, -0.2) is 4.39 Å². The van der Waals surface area contributed by atoms with Crippen LogP contribution in [0.2, 0.25) is 0 Å². The Balaban J connectivity index is 2.04. The van der Waals surface area contributed by atoms with Gasteiger partial charge in [0.1, 0.15) is 5.82 Å². The Bertz CT molecular complexity index is 890. The number of benzene rings is 2. The first kappa shape index (κ1) is 13.3. The maximum absolute atomic E-state index is 13.8. The Kier molecular flexibility index (Phi) is 2.89. The van der Waals surface area contributed by atoms with Crippen LogP contribution < -0.4 is 0 Å². The van der Waals surface area contributed by atoms with E-state index >= 15 is 0 Å². The molecule has 0 radical (unpaired) electrons. The largest absolute Gasteiger partial charge is 0.354 e. The molecule has 110 valence electrons. The van der Waals surface area contributed by atoms with Crippen molar-refractivity contribution in [3.05, 3.63) is 58.9 Å². The van der Waals surface area contributed by atoms with Gasteiger partial charge in [0.15, 0.2) is 5.78 Å². The van der Waals surface area contributed by atoms with Crippen LogP contribution in [0.5, 0.6) is 0 Å². The monoisotopic (exact) mass is 293 g/mol. The third-order valence-electron chi connectivity index (χ3n) is 4.44. The van der Waals surface area contributed by atoms with E-state index in [4.69, 9.17) is 0 Å². The highest BCUT2D eigenvalue weighted by Gasteiger charge is 2.23. The molecule has 0 aliphatic heterocycles. The van der Waals surface area contributed by atoms with Crippen LogP contribution in [0, 0.1) is 12.7 Å². The van der Waals surface area contributed by atoms with Crippen molar-refractivity contribution in [2.45, 2.75) is 26.2 Å². The highest BCUT2D eigenvalue weighted by atomic mass is 19.1. The number of nitrogens with one attached hydrogen (secondary N) is 1. The number of H-pyrrole nitrogens is 1. The van der Waals surface area contributed by atoms with Gasteiger partial charge in [-0.05, 0) is 43.0 Å². The second-order valence-electron chi connectivity index (χ2n) is 6.00. The molecule has 1 N–H and O–H groups in total. The lowest BCUT2D eigenvalue weighted by Gasteiger charge is -2.04. The molecule has 3 heteroatoms. The molecule has 0 saturated heterocycles. The van der Waals surface area contributed by atoms with Gasteiger partial charge in [0.25, 0.3) is 0 Å². The Morgan fingerprint density at radius 2 is 1.86 bits per heavy atom. The SMILES string of the molecule is Cc1ccc(-c2[nH]c3cc(F)cc4c3c2CCCC4=O)cc1. The number of ketones is 1. The number of Topliss-reactive ketones (excluding diaryl/α,β-unsaturated/α-hetero) is 1. The fourth-order valence-corrected chi connectivity index (χ4v) is 3.36. The van der Waals surface area contributed by atoms with Crippen molar-refractivity contribution in [2.75, 3.05) is 0 Å². The fraction of sp³-hybridized carbons (Fsp3) is 0.211. The summed E-state index contributed by atoms with van der Waals surface area (Å²) >= 11 is 0. The first-order chi connectivity index (χ1) is 10.6. The molecule has 4 rings (SSSR count). The number of rotatable bonds is 1. The standard InChI is InChI=1S/C19H16FNO/c1-11-5-7-12(8-6-11)19-14-3-2-4-17(22)15-9-13(20)10-16(21-19)18(14)15/h5-10,21H,2-4H2,1H3. The smallest absolute Gasteiger partial charge is 0.163 e. The van der Waals surface area contributed by atoms with Crippen LogP contribution in [0.4, 0.5) is 4.39 Å². The number of carbonyl (C=O) groups excluding carboxylic acids is 1. The van der Waals surface area contributed by atoms with E-state index in [0.29, 0.717) is 12.0 Å². The zero-order chi connectivity index (χ0) is 15.3. The highest BCUT2D eigenvalue weighted by Crippen LogP contribution is 2.36. The molecule has 2 nitrogen and oxygen atoms in total. The van der Waals surface area contributed by atoms with Crippen LogP contribution in [0.3, 0.4) is 0 Å². The summed E-state index contributed by atoms with van der Waals surface area (Å²) in [5.41, 5.74) is 5.68. The number of carbonyl (C=O) groups is 1. The van der Waals surface area contributed by atoms with Crippen molar-refractivity contribution < 1.29 is 9.18 Å². The summed E-state index contributed by atoms with van der Waals surface area (Å²) < 4.78 is 13.8. The zero-order valence-corrected chi connectivity index (χ0v) is 12.4. The third-order valence-corrected chi connectivity index (χ3v) is 4.44. The van der Waals surface area contributed by atoms with Crippen LogP contribution in [0.25, 0.3) is 22.2 Å². The Labute approximate surface area is 128 Å². The van der Waals surface area contributed by atoms with Gasteiger partial charge < -0.3 is 4.98 Å². The molecule has 0 amide bonds. The minimum Gasteiger partial charge on any atom is -0.354 e. The van der Waals surface area contributed by atoms with E-state index in [1.54, 1.807) is 0 Å². The van der Waals surface area contributed by atoms with Gasteiger partial charge in [0.2, 0.25) is 0 Å². The van der Waals surface area contributed by atoms with E-state index in [0.717, 1.165) is 40.6 Å². The van der Waals surface area contributed by atoms with Gasteiger partial charge in [-0.3, -0.25) is 4.79 Å². The van der Waals surface area contributed by atoms with E-state index in [9.17, 15) is 9.18 Å². The fourth-order valence-electron chi connectivity index (χ4n) is 3.36. The molecule has 1 aliphatic rings. The summed E-state index contributed by atoms with van der Waals surface area (Å²) in [6, 6.07) is 11.1. The Hall–Kier alpha value is -2.42. The molecule has 0 fully saturated rings. The third kappa shape index (κ3) is 1.97. The lowest BCUT2D eigenvalue weighted by Crippen LogP contribution is -1.98. The normalized spacial score (nSPS) is 14.4. The molecule has 0 saturated carbocycles. The van der Waals surface area contributed by atoms with E-state index in [1.165, 1.54) is 17.7 Å². The first-order valence-electron chi connectivity index (χ1n) is 7.58. The van der Waals surface area contributed by atoms with Crippen molar-refractivity contribution in [1.82, 2.24) is 4.98 Å². The van der Waals surface area contributed by atoms with Gasteiger partial charge in [-0.1, -0.05) is 29.8 Å². The molecule has 1 aromatic heterocycles. The van der Waals surface area contributed by atoms with Crippen LogP contribution >= 0.6 is 0 Å². The van der Waals surface area contributed by atoms with Crippen LogP contribution in [0.15, 0.2) is 36.4 Å². The minimum atomic E-state index is -0.360. The van der Waals surface area contributed by atoms with Crippen LogP contribution in [-0.2, 0) is 6.42 Å². The van der Waals surface area contributed by atoms with Crippen molar-refractivity contribution in [2.24, 2.45) is 0 Å². The number of aryl methyl sites for hydroxylation is 2. The molecule has 0 spiro atoms. The second kappa shape index (κ2) is 4.80. The van der Waals surface area contributed by atoms with Crippen molar-refractivity contribution in [3.63, 3.8) is 0 Å². The summed E-state index contributed by atoms with van der Waals surface area (Å²) in [4.78, 5) is 15.6. The molecular formula is C19H16FNO. The van der Waals surface area contributed by atoms with Crippen LogP contribution in [-0.4, -0.2) is 10.8 Å². The first-order valence-corrected chi connectivity index (χ1v) is 7.58. The van der Waals surface area contributed by atoms with E-state index < -0.39 is 0 Å². The van der Waals surface area contributed by atoms with Crippen molar-refractivity contribution in [3.8, 4) is 11.3 Å². The number of hydrogen-bond donors (Lipinski definition) is 1. The number of halogens is 1. The average Bonchev–Trinajstić information content (AvgIpc) is 2.76. The summed E-state index contributed by atoms with van der Waals surface area (Å²) in [7, 11) is 0. The summed E-state index contributed by atoms with van der Waals surface area (Å²) in [6.07, 6.45) is 2.13. The van der Waals surface area contributed by atoms with Gasteiger partial charge in [0, 0.05) is 28.6 Å².